The van der Waals surface area contributed by atoms with Gasteiger partial charge in [-0.2, -0.15) is 0 Å². The van der Waals surface area contributed by atoms with Crippen LogP contribution < -0.4 is 14.4 Å². The average Bonchev–Trinajstić information content (AvgIpc) is 3.11. The Kier molecular flexibility index (Phi) is 12.1. The zero-order chi connectivity index (χ0) is 34.8. The lowest BCUT2D eigenvalue weighted by molar-refractivity contribution is -0.140. The molecule has 0 aromatic heterocycles. The fraction of sp³-hybridized carbons (Fsp3) is 0.350. The van der Waals surface area contributed by atoms with Gasteiger partial charge in [-0.25, -0.2) is 8.42 Å². The van der Waals surface area contributed by atoms with Gasteiger partial charge in [0.15, 0.2) is 0 Å². The number of carbonyl (C=O) groups is 2. The molecule has 9 heteroatoms. The van der Waals surface area contributed by atoms with Crippen LogP contribution in [-0.2, 0) is 32.6 Å². The van der Waals surface area contributed by atoms with Gasteiger partial charge in [-0.15, -0.1) is 0 Å². The lowest BCUT2D eigenvalue weighted by atomic mass is 9.94. The van der Waals surface area contributed by atoms with E-state index in [9.17, 15) is 18.0 Å². The minimum atomic E-state index is -4.24. The Hall–Kier alpha value is -4.63. The highest BCUT2D eigenvalue weighted by atomic mass is 32.2. The van der Waals surface area contributed by atoms with Crippen LogP contribution in [0.1, 0.15) is 61.3 Å². The van der Waals surface area contributed by atoms with E-state index in [4.69, 9.17) is 4.74 Å². The molecular weight excluding hydrogens is 635 g/mol. The summed E-state index contributed by atoms with van der Waals surface area (Å²) in [5.41, 5.74) is 3.91. The first-order valence-corrected chi connectivity index (χ1v) is 18.6. The van der Waals surface area contributed by atoms with Gasteiger partial charge in [0.05, 0.1) is 17.2 Å². The molecule has 0 aliphatic heterocycles. The van der Waals surface area contributed by atoms with Crippen molar-refractivity contribution in [3.63, 3.8) is 0 Å². The predicted molar refractivity (Wildman–Crippen MR) is 194 cm³/mol. The molecule has 1 aliphatic rings. The van der Waals surface area contributed by atoms with Crippen molar-refractivity contribution in [1.82, 2.24) is 10.2 Å². The maximum Gasteiger partial charge on any atom is 0.264 e. The first kappa shape index (κ1) is 35.7. The summed E-state index contributed by atoms with van der Waals surface area (Å²) in [6, 6.07) is 29.9. The van der Waals surface area contributed by atoms with Crippen LogP contribution in [0.25, 0.3) is 0 Å². The number of ether oxygens (including phenoxy) is 1. The molecule has 0 bridgehead atoms. The molecule has 0 heterocycles. The third kappa shape index (κ3) is 9.09. The van der Waals surface area contributed by atoms with Crippen LogP contribution in [0.5, 0.6) is 5.75 Å². The number of nitrogens with zero attached hydrogens (tertiary/aromatic N) is 2. The van der Waals surface area contributed by atoms with Gasteiger partial charge < -0.3 is 15.0 Å². The van der Waals surface area contributed by atoms with Crippen LogP contribution in [0.3, 0.4) is 0 Å². The minimum Gasteiger partial charge on any atom is -0.492 e. The molecule has 1 saturated carbocycles. The van der Waals surface area contributed by atoms with Crippen LogP contribution in [-0.4, -0.2) is 50.4 Å². The van der Waals surface area contributed by atoms with Gasteiger partial charge in [0.2, 0.25) is 11.8 Å². The number of rotatable bonds is 14. The molecule has 258 valence electrons. The van der Waals surface area contributed by atoms with Gasteiger partial charge in [-0.1, -0.05) is 104 Å². The summed E-state index contributed by atoms with van der Waals surface area (Å²) in [5, 5.41) is 3.26. The van der Waals surface area contributed by atoms with Gasteiger partial charge in [0, 0.05) is 19.0 Å². The number of amides is 2. The molecule has 1 aliphatic carbocycles. The molecule has 0 saturated heterocycles. The van der Waals surface area contributed by atoms with Crippen LogP contribution in [0.2, 0.25) is 0 Å². The fourth-order valence-electron chi connectivity index (χ4n) is 6.36. The number of hydrogen-bond donors (Lipinski definition) is 1. The zero-order valence-electron chi connectivity index (χ0n) is 28.7. The van der Waals surface area contributed by atoms with E-state index in [1.807, 2.05) is 75.4 Å². The largest absolute Gasteiger partial charge is 0.492 e. The van der Waals surface area contributed by atoms with Crippen molar-refractivity contribution in [2.24, 2.45) is 0 Å². The summed E-state index contributed by atoms with van der Waals surface area (Å²) in [6.45, 7) is 5.59. The second-order valence-electron chi connectivity index (χ2n) is 12.7. The molecule has 2 amide bonds. The molecular formula is C40H47N3O5S. The van der Waals surface area contributed by atoms with E-state index < -0.39 is 28.5 Å². The molecule has 4 aromatic carbocycles. The van der Waals surface area contributed by atoms with E-state index in [-0.39, 0.29) is 35.5 Å². The van der Waals surface area contributed by atoms with Crippen molar-refractivity contribution in [1.29, 1.82) is 0 Å². The number of sulfonamides is 1. The highest BCUT2D eigenvalue weighted by Gasteiger charge is 2.36. The summed E-state index contributed by atoms with van der Waals surface area (Å²) in [5.74, 6) is -0.389. The van der Waals surface area contributed by atoms with E-state index in [0.29, 0.717) is 12.4 Å². The van der Waals surface area contributed by atoms with E-state index in [1.165, 1.54) is 0 Å². The topological polar surface area (TPSA) is 96.0 Å². The zero-order valence-corrected chi connectivity index (χ0v) is 29.5. The predicted octanol–water partition coefficient (Wildman–Crippen LogP) is 6.99. The first-order chi connectivity index (χ1) is 23.7. The maximum atomic E-state index is 14.9. The second-order valence-corrected chi connectivity index (χ2v) is 14.6. The average molecular weight is 682 g/mol. The molecule has 4 aromatic rings. The molecule has 0 radical (unpaired) electrons. The quantitative estimate of drug-likeness (QED) is 0.155. The summed E-state index contributed by atoms with van der Waals surface area (Å²) in [6.07, 6.45) is 5.30. The van der Waals surface area contributed by atoms with Crippen molar-refractivity contribution in [2.75, 3.05) is 17.5 Å². The molecule has 1 fully saturated rings. The van der Waals surface area contributed by atoms with Crippen LogP contribution in [0, 0.1) is 13.8 Å². The van der Waals surface area contributed by atoms with Gasteiger partial charge in [0.1, 0.15) is 18.3 Å². The third-order valence-corrected chi connectivity index (χ3v) is 10.9. The van der Waals surface area contributed by atoms with Gasteiger partial charge in [-0.3, -0.25) is 13.9 Å². The third-order valence-electron chi connectivity index (χ3n) is 9.15. The lowest BCUT2D eigenvalue weighted by Crippen LogP contribution is -2.55. The molecule has 0 spiro atoms. The maximum absolute atomic E-state index is 14.9. The summed E-state index contributed by atoms with van der Waals surface area (Å²) < 4.78 is 35.9. The highest BCUT2D eigenvalue weighted by Crippen LogP contribution is 2.33. The Morgan fingerprint density at radius 3 is 2.18 bits per heavy atom. The van der Waals surface area contributed by atoms with Crippen molar-refractivity contribution in [3.05, 3.63) is 125 Å². The van der Waals surface area contributed by atoms with E-state index in [1.54, 1.807) is 53.4 Å². The number of carbonyl (C=O) groups excluding carboxylic acids is 2. The number of hydrogen-bond acceptors (Lipinski definition) is 5. The summed E-state index contributed by atoms with van der Waals surface area (Å²) in [7, 11) is -4.24. The smallest absolute Gasteiger partial charge is 0.264 e. The van der Waals surface area contributed by atoms with Crippen LogP contribution in [0.15, 0.2) is 108 Å². The van der Waals surface area contributed by atoms with Crippen LogP contribution in [0.4, 0.5) is 5.69 Å². The van der Waals surface area contributed by atoms with Gasteiger partial charge >= 0.3 is 0 Å². The number of aryl methyl sites for hydroxylation is 2. The molecule has 8 nitrogen and oxygen atoms in total. The van der Waals surface area contributed by atoms with Crippen molar-refractivity contribution in [3.8, 4) is 5.75 Å². The van der Waals surface area contributed by atoms with E-state index in [2.05, 4.69) is 5.32 Å². The fourth-order valence-corrected chi connectivity index (χ4v) is 7.79. The molecule has 1 N–H and O–H groups in total. The molecule has 49 heavy (non-hydrogen) atoms. The molecule has 5 rings (SSSR count). The summed E-state index contributed by atoms with van der Waals surface area (Å²) >= 11 is 0. The minimum absolute atomic E-state index is 0.0337. The van der Waals surface area contributed by atoms with Crippen molar-refractivity contribution in [2.45, 2.75) is 82.8 Å². The Balaban J connectivity index is 1.60. The summed E-state index contributed by atoms with van der Waals surface area (Å²) in [4.78, 5) is 30.8. The highest BCUT2D eigenvalue weighted by molar-refractivity contribution is 7.92. The van der Waals surface area contributed by atoms with Crippen LogP contribution >= 0.6 is 0 Å². The normalized spacial score (nSPS) is 14.1. The number of para-hydroxylation sites is 2. The number of nitrogens with one attached hydrogen (secondary N) is 1. The molecule has 0 unspecified atom stereocenters. The SMILES string of the molecule is CCOc1ccccc1N(CC(=O)N(Cc1ccccc1C)[C@H](Cc1ccccc1)C(=O)NC1CCCCC1)S(=O)(=O)c1ccc(C)cc1. The van der Waals surface area contributed by atoms with E-state index in [0.717, 1.165) is 58.7 Å². The van der Waals surface area contributed by atoms with Gasteiger partial charge in [-0.05, 0) is 74.6 Å². The Morgan fingerprint density at radius 2 is 1.49 bits per heavy atom. The van der Waals surface area contributed by atoms with Gasteiger partial charge in [0.25, 0.3) is 10.0 Å². The Bertz CT molecular complexity index is 1810. The number of anilines is 1. The Morgan fingerprint density at radius 1 is 0.837 bits per heavy atom. The monoisotopic (exact) mass is 681 g/mol. The standard InChI is InChI=1S/C40H47N3O5S/c1-4-48-38-22-14-13-21-36(38)43(49(46,47)35-25-23-30(2)24-26-35)29-39(44)42(28-33-18-12-11-15-31(33)3)37(27-32-16-7-5-8-17-32)40(45)41-34-19-9-6-10-20-34/h5,7-8,11-18,21-26,34,37H,4,6,9-10,19-20,27-29H2,1-3H3,(H,41,45)/t37-/m1/s1. The van der Waals surface area contributed by atoms with Crippen molar-refractivity contribution >= 4 is 27.5 Å². The molecule has 1 atom stereocenters. The number of benzene rings is 4. The van der Waals surface area contributed by atoms with Crippen molar-refractivity contribution < 1.29 is 22.7 Å². The van der Waals surface area contributed by atoms with E-state index >= 15 is 0 Å². The Labute approximate surface area is 291 Å². The lowest BCUT2D eigenvalue weighted by Gasteiger charge is -2.35. The second kappa shape index (κ2) is 16.7. The first-order valence-electron chi connectivity index (χ1n) is 17.2.